The molecule has 2 rings (SSSR count). The molecule has 0 unspecified atom stereocenters. The lowest BCUT2D eigenvalue weighted by Crippen LogP contribution is -2.06. The zero-order valence-corrected chi connectivity index (χ0v) is 13.8. The molecular weight excluding hydrogens is 328 g/mol. The molecule has 0 aliphatic carbocycles. The number of nitrogens with one attached hydrogen (secondary N) is 1. The monoisotopic (exact) mass is 343 g/mol. The van der Waals surface area contributed by atoms with Crippen molar-refractivity contribution in [3.05, 3.63) is 57.3 Å². The predicted octanol–water partition coefficient (Wildman–Crippen LogP) is 4.44. The fourth-order valence-electron chi connectivity index (χ4n) is 2.01. The minimum absolute atomic E-state index is 0.167. The molecule has 0 bridgehead atoms. The predicted molar refractivity (Wildman–Crippen MR) is 86.5 cm³/mol. The Morgan fingerprint density at radius 3 is 2.55 bits per heavy atom. The molecule has 6 heteroatoms. The molecule has 0 radical (unpaired) electrons. The van der Waals surface area contributed by atoms with Crippen LogP contribution >= 0.6 is 23.2 Å². The summed E-state index contributed by atoms with van der Waals surface area (Å²) < 4.78 is 24.1. The Morgan fingerprint density at radius 2 is 1.91 bits per heavy atom. The van der Waals surface area contributed by atoms with E-state index in [1.165, 1.54) is 12.1 Å². The third kappa shape index (κ3) is 4.03. The van der Waals surface area contributed by atoms with Crippen molar-refractivity contribution in [1.29, 1.82) is 0 Å². The number of rotatable bonds is 6. The molecule has 22 heavy (non-hydrogen) atoms. The van der Waals surface area contributed by atoms with Gasteiger partial charge in [-0.3, -0.25) is 0 Å². The zero-order valence-electron chi connectivity index (χ0n) is 12.3. The first kappa shape index (κ1) is 16.9. The van der Waals surface area contributed by atoms with E-state index in [1.54, 1.807) is 13.2 Å². The highest BCUT2D eigenvalue weighted by atomic mass is 35.5. The number of hydrogen-bond acceptors (Lipinski definition) is 3. The van der Waals surface area contributed by atoms with Gasteiger partial charge in [-0.1, -0.05) is 29.3 Å². The van der Waals surface area contributed by atoms with Crippen molar-refractivity contribution >= 4 is 23.2 Å². The number of halogens is 3. The molecule has 0 amide bonds. The van der Waals surface area contributed by atoms with E-state index in [0.29, 0.717) is 33.7 Å². The molecule has 0 saturated heterocycles. The van der Waals surface area contributed by atoms with Crippen molar-refractivity contribution in [2.75, 3.05) is 14.2 Å². The van der Waals surface area contributed by atoms with E-state index in [2.05, 4.69) is 5.32 Å². The normalized spacial score (nSPS) is 10.6. The minimum atomic E-state index is -0.388. The van der Waals surface area contributed by atoms with E-state index in [1.807, 2.05) is 19.2 Å². The van der Waals surface area contributed by atoms with Crippen molar-refractivity contribution in [2.45, 2.75) is 13.2 Å². The Bertz CT molecular complexity index is 665. The fourth-order valence-corrected chi connectivity index (χ4v) is 2.52. The number of methoxy groups -OCH3 is 1. The highest BCUT2D eigenvalue weighted by molar-refractivity contribution is 6.32. The Balaban J connectivity index is 2.21. The number of hydrogen-bond donors (Lipinski definition) is 1. The summed E-state index contributed by atoms with van der Waals surface area (Å²) in [5, 5.41) is 3.80. The summed E-state index contributed by atoms with van der Waals surface area (Å²) in [5.41, 5.74) is 1.65. The first-order valence-corrected chi connectivity index (χ1v) is 7.38. The van der Waals surface area contributed by atoms with Gasteiger partial charge in [0.05, 0.1) is 17.2 Å². The Labute approximate surface area is 138 Å². The van der Waals surface area contributed by atoms with Gasteiger partial charge in [0.25, 0.3) is 0 Å². The quantitative estimate of drug-likeness (QED) is 0.840. The SMILES string of the molecule is CNCc1cc(Cl)c(OCc2ccc(F)cc2Cl)c(OC)c1. The maximum absolute atomic E-state index is 13.0. The molecule has 118 valence electrons. The number of benzene rings is 2. The Kier molecular flexibility index (Phi) is 5.89. The second kappa shape index (κ2) is 7.68. The van der Waals surface area contributed by atoms with E-state index in [4.69, 9.17) is 32.7 Å². The van der Waals surface area contributed by atoms with Crippen molar-refractivity contribution in [3.8, 4) is 11.5 Å². The van der Waals surface area contributed by atoms with Gasteiger partial charge in [0, 0.05) is 12.1 Å². The van der Waals surface area contributed by atoms with Crippen molar-refractivity contribution in [2.24, 2.45) is 0 Å². The van der Waals surface area contributed by atoms with E-state index in [0.717, 1.165) is 5.56 Å². The van der Waals surface area contributed by atoms with Gasteiger partial charge in [-0.05, 0) is 36.9 Å². The maximum Gasteiger partial charge on any atom is 0.180 e. The molecule has 0 aromatic heterocycles. The molecule has 0 spiro atoms. The van der Waals surface area contributed by atoms with Gasteiger partial charge in [-0.25, -0.2) is 4.39 Å². The largest absolute Gasteiger partial charge is 0.493 e. The first-order valence-electron chi connectivity index (χ1n) is 6.63. The van der Waals surface area contributed by atoms with Crippen LogP contribution in [0.2, 0.25) is 10.0 Å². The van der Waals surface area contributed by atoms with Crippen LogP contribution in [-0.4, -0.2) is 14.2 Å². The molecule has 0 saturated carbocycles. The van der Waals surface area contributed by atoms with Crippen molar-refractivity contribution in [3.63, 3.8) is 0 Å². The summed E-state index contributed by atoms with van der Waals surface area (Å²) >= 11 is 12.2. The molecule has 2 aromatic carbocycles. The second-order valence-electron chi connectivity index (χ2n) is 4.66. The molecule has 0 aliphatic rings. The van der Waals surface area contributed by atoms with Crippen LogP contribution in [0.4, 0.5) is 4.39 Å². The van der Waals surface area contributed by atoms with E-state index in [9.17, 15) is 4.39 Å². The van der Waals surface area contributed by atoms with Gasteiger partial charge in [0.2, 0.25) is 0 Å². The molecule has 1 N–H and O–H groups in total. The second-order valence-corrected chi connectivity index (χ2v) is 5.48. The van der Waals surface area contributed by atoms with Crippen LogP contribution in [0.25, 0.3) is 0 Å². The highest BCUT2D eigenvalue weighted by Crippen LogP contribution is 2.37. The van der Waals surface area contributed by atoms with Crippen LogP contribution < -0.4 is 14.8 Å². The van der Waals surface area contributed by atoms with Crippen LogP contribution in [0.1, 0.15) is 11.1 Å². The molecule has 2 aromatic rings. The summed E-state index contributed by atoms with van der Waals surface area (Å²) in [6.45, 7) is 0.834. The molecular formula is C16H16Cl2FNO2. The highest BCUT2D eigenvalue weighted by Gasteiger charge is 2.13. The molecule has 0 fully saturated rings. The van der Waals surface area contributed by atoms with Crippen LogP contribution in [0.5, 0.6) is 11.5 Å². The summed E-state index contributed by atoms with van der Waals surface area (Å²) in [4.78, 5) is 0. The first-order chi connectivity index (χ1) is 10.5. The van der Waals surface area contributed by atoms with Gasteiger partial charge >= 0.3 is 0 Å². The third-order valence-electron chi connectivity index (χ3n) is 3.06. The lowest BCUT2D eigenvalue weighted by molar-refractivity contribution is 0.284. The summed E-state index contributed by atoms with van der Waals surface area (Å²) in [7, 11) is 3.40. The van der Waals surface area contributed by atoms with Gasteiger partial charge < -0.3 is 14.8 Å². The summed E-state index contributed by atoms with van der Waals surface area (Å²) in [6, 6.07) is 7.81. The van der Waals surface area contributed by atoms with Crippen molar-refractivity contribution < 1.29 is 13.9 Å². The molecule has 0 aliphatic heterocycles. The average Bonchev–Trinajstić information content (AvgIpc) is 2.47. The fraction of sp³-hybridized carbons (Fsp3) is 0.250. The smallest absolute Gasteiger partial charge is 0.180 e. The summed E-state index contributed by atoms with van der Waals surface area (Å²) in [6.07, 6.45) is 0. The van der Waals surface area contributed by atoms with Gasteiger partial charge in [0.1, 0.15) is 12.4 Å². The summed E-state index contributed by atoms with van der Waals surface area (Å²) in [5.74, 6) is 0.584. The Morgan fingerprint density at radius 1 is 1.14 bits per heavy atom. The lowest BCUT2D eigenvalue weighted by atomic mass is 10.2. The molecule has 0 heterocycles. The van der Waals surface area contributed by atoms with Crippen molar-refractivity contribution in [1.82, 2.24) is 5.32 Å². The zero-order chi connectivity index (χ0) is 16.1. The lowest BCUT2D eigenvalue weighted by Gasteiger charge is -2.14. The average molecular weight is 344 g/mol. The van der Waals surface area contributed by atoms with Crippen LogP contribution in [0.3, 0.4) is 0 Å². The standard InChI is InChI=1S/C16H16Cl2FNO2/c1-20-8-10-5-14(18)16(15(6-10)21-2)22-9-11-3-4-12(19)7-13(11)17/h3-7,20H,8-9H2,1-2H3. The van der Waals surface area contributed by atoms with Gasteiger partial charge in [0.15, 0.2) is 11.5 Å². The van der Waals surface area contributed by atoms with Crippen LogP contribution in [0.15, 0.2) is 30.3 Å². The third-order valence-corrected chi connectivity index (χ3v) is 3.69. The Hall–Kier alpha value is -1.49. The maximum atomic E-state index is 13.0. The van der Waals surface area contributed by atoms with E-state index >= 15 is 0 Å². The minimum Gasteiger partial charge on any atom is -0.493 e. The van der Waals surface area contributed by atoms with Gasteiger partial charge in [-0.2, -0.15) is 0 Å². The molecule has 0 atom stereocenters. The van der Waals surface area contributed by atoms with Crippen LogP contribution in [-0.2, 0) is 13.2 Å². The number of ether oxygens (including phenoxy) is 2. The van der Waals surface area contributed by atoms with E-state index < -0.39 is 0 Å². The molecule has 3 nitrogen and oxygen atoms in total. The van der Waals surface area contributed by atoms with Gasteiger partial charge in [-0.15, -0.1) is 0 Å². The topological polar surface area (TPSA) is 30.5 Å². The van der Waals surface area contributed by atoms with E-state index in [-0.39, 0.29) is 12.4 Å². The van der Waals surface area contributed by atoms with Crippen LogP contribution in [0, 0.1) is 5.82 Å².